The average Bonchev–Trinajstić information content (AvgIpc) is 2.03. The van der Waals surface area contributed by atoms with Gasteiger partial charge in [0.25, 0.3) is 0 Å². The van der Waals surface area contributed by atoms with E-state index < -0.39 is 0 Å². The zero-order chi connectivity index (χ0) is 8.55. The van der Waals surface area contributed by atoms with Crippen LogP contribution in [0.15, 0.2) is 35.0 Å². The molecule has 62 valence electrons. The van der Waals surface area contributed by atoms with E-state index >= 15 is 0 Å². The number of amides is 2. The summed E-state index contributed by atoms with van der Waals surface area (Å²) < 4.78 is 0. The van der Waals surface area contributed by atoms with Gasteiger partial charge in [-0.1, -0.05) is 17.7 Å². The van der Waals surface area contributed by atoms with Crippen molar-refractivity contribution >= 4 is 17.6 Å². The van der Waals surface area contributed by atoms with Crippen molar-refractivity contribution in [2.75, 3.05) is 0 Å². The highest BCUT2D eigenvalue weighted by Gasteiger charge is 2.19. The van der Waals surface area contributed by atoms with E-state index in [2.05, 4.69) is 10.6 Å². The summed E-state index contributed by atoms with van der Waals surface area (Å²) in [6, 6.07) is -0.268. The van der Waals surface area contributed by atoms with Crippen LogP contribution in [0.25, 0.3) is 0 Å². The maximum Gasteiger partial charge on any atom is 0.319 e. The lowest BCUT2D eigenvalue weighted by molar-refractivity contribution is 0.241. The fourth-order valence-electron chi connectivity index (χ4n) is 1.19. The summed E-state index contributed by atoms with van der Waals surface area (Å²) in [6.45, 7) is 0. The predicted molar refractivity (Wildman–Crippen MR) is 46.6 cm³/mol. The summed E-state index contributed by atoms with van der Waals surface area (Å²) in [6.07, 6.45) is 7.15. The second-order valence-electron chi connectivity index (χ2n) is 2.62. The molecule has 1 atom stereocenters. The first-order valence-electron chi connectivity index (χ1n) is 3.58. The van der Waals surface area contributed by atoms with Crippen LogP contribution in [0.3, 0.4) is 0 Å². The molecule has 1 unspecified atom stereocenters. The van der Waals surface area contributed by atoms with Crippen LogP contribution in [0.2, 0.25) is 0 Å². The standard InChI is InChI=1S/C8H7ClN2O/c9-6-2-1-5-4-10-8(12)11-7(5)3-6/h1-4,7H,(H2,10,11,12). The first-order chi connectivity index (χ1) is 5.75. The van der Waals surface area contributed by atoms with Crippen molar-refractivity contribution in [3.05, 3.63) is 35.0 Å². The molecule has 4 heteroatoms. The van der Waals surface area contributed by atoms with E-state index in [1.54, 1.807) is 18.4 Å². The molecule has 2 rings (SSSR count). The molecule has 0 aromatic rings. The van der Waals surface area contributed by atoms with Crippen LogP contribution in [-0.2, 0) is 0 Å². The van der Waals surface area contributed by atoms with Crippen molar-refractivity contribution in [3.8, 4) is 0 Å². The summed E-state index contributed by atoms with van der Waals surface area (Å²) in [5.74, 6) is 0. The SMILES string of the molecule is O=C1NC=C2C=CC(Cl)=CC2N1. The lowest BCUT2D eigenvalue weighted by Crippen LogP contribution is -2.45. The number of halogens is 1. The van der Waals surface area contributed by atoms with E-state index in [0.717, 1.165) is 5.57 Å². The van der Waals surface area contributed by atoms with Gasteiger partial charge in [0.1, 0.15) is 0 Å². The number of nitrogens with one attached hydrogen (secondary N) is 2. The molecule has 12 heavy (non-hydrogen) atoms. The number of carbonyl (C=O) groups excluding carboxylic acids is 1. The van der Waals surface area contributed by atoms with Crippen LogP contribution in [0.4, 0.5) is 4.79 Å². The third-order valence-electron chi connectivity index (χ3n) is 1.78. The van der Waals surface area contributed by atoms with Gasteiger partial charge in [0, 0.05) is 11.2 Å². The molecule has 0 saturated heterocycles. The van der Waals surface area contributed by atoms with E-state index in [1.807, 2.05) is 6.08 Å². The Labute approximate surface area is 74.8 Å². The molecule has 1 aliphatic carbocycles. The molecule has 2 aliphatic rings. The summed E-state index contributed by atoms with van der Waals surface area (Å²) in [7, 11) is 0. The number of hydrogen-bond acceptors (Lipinski definition) is 1. The van der Waals surface area contributed by atoms with Gasteiger partial charge in [-0.25, -0.2) is 4.79 Å². The second-order valence-corrected chi connectivity index (χ2v) is 3.06. The minimum atomic E-state index is -0.195. The molecule has 0 fully saturated rings. The highest BCUT2D eigenvalue weighted by atomic mass is 35.5. The molecule has 1 aliphatic heterocycles. The Morgan fingerprint density at radius 1 is 1.42 bits per heavy atom. The van der Waals surface area contributed by atoms with E-state index in [0.29, 0.717) is 5.03 Å². The van der Waals surface area contributed by atoms with Crippen molar-refractivity contribution in [1.82, 2.24) is 10.6 Å². The monoisotopic (exact) mass is 182 g/mol. The Morgan fingerprint density at radius 2 is 2.25 bits per heavy atom. The summed E-state index contributed by atoms with van der Waals surface area (Å²) >= 11 is 5.76. The minimum Gasteiger partial charge on any atom is -0.327 e. The van der Waals surface area contributed by atoms with Crippen LogP contribution in [0.5, 0.6) is 0 Å². The molecule has 0 aromatic heterocycles. The largest absolute Gasteiger partial charge is 0.327 e. The molecule has 2 N–H and O–H groups in total. The zero-order valence-electron chi connectivity index (χ0n) is 6.17. The molecular formula is C8H7ClN2O. The van der Waals surface area contributed by atoms with Gasteiger partial charge in [0.2, 0.25) is 0 Å². The molecule has 0 saturated carbocycles. The highest BCUT2D eigenvalue weighted by Crippen LogP contribution is 2.19. The number of fused-ring (bicyclic) bond motifs is 1. The molecule has 0 spiro atoms. The lowest BCUT2D eigenvalue weighted by Gasteiger charge is -2.23. The first kappa shape index (κ1) is 7.43. The van der Waals surface area contributed by atoms with Gasteiger partial charge in [0.15, 0.2) is 0 Å². The fourth-order valence-corrected chi connectivity index (χ4v) is 1.37. The zero-order valence-corrected chi connectivity index (χ0v) is 6.93. The van der Waals surface area contributed by atoms with Gasteiger partial charge in [-0.05, 0) is 17.7 Å². The van der Waals surface area contributed by atoms with E-state index in [-0.39, 0.29) is 12.1 Å². The van der Waals surface area contributed by atoms with Crippen molar-refractivity contribution in [2.24, 2.45) is 0 Å². The number of rotatable bonds is 0. The van der Waals surface area contributed by atoms with Gasteiger partial charge in [0.05, 0.1) is 6.04 Å². The van der Waals surface area contributed by atoms with Crippen LogP contribution in [-0.4, -0.2) is 12.1 Å². The Balaban J connectivity index is 2.31. The average molecular weight is 183 g/mol. The molecule has 2 amide bonds. The topological polar surface area (TPSA) is 41.1 Å². The van der Waals surface area contributed by atoms with E-state index in [9.17, 15) is 4.79 Å². The number of hydrogen-bond donors (Lipinski definition) is 2. The number of urea groups is 1. The van der Waals surface area contributed by atoms with Gasteiger partial charge in [-0.2, -0.15) is 0 Å². The summed E-state index contributed by atoms with van der Waals surface area (Å²) in [5, 5.41) is 5.93. The van der Waals surface area contributed by atoms with Crippen molar-refractivity contribution in [2.45, 2.75) is 6.04 Å². The van der Waals surface area contributed by atoms with Gasteiger partial charge in [-0.15, -0.1) is 0 Å². The van der Waals surface area contributed by atoms with Gasteiger partial charge >= 0.3 is 6.03 Å². The highest BCUT2D eigenvalue weighted by molar-refractivity contribution is 6.31. The Morgan fingerprint density at radius 3 is 3.08 bits per heavy atom. The van der Waals surface area contributed by atoms with Crippen LogP contribution < -0.4 is 10.6 Å². The second kappa shape index (κ2) is 2.68. The summed E-state index contributed by atoms with van der Waals surface area (Å²) in [4.78, 5) is 10.9. The minimum absolute atomic E-state index is 0.0729. The lowest BCUT2D eigenvalue weighted by atomic mass is 10.0. The number of allylic oxidation sites excluding steroid dienone is 2. The molecule has 0 radical (unpaired) electrons. The maximum atomic E-state index is 10.9. The predicted octanol–water partition coefficient (Wildman–Crippen LogP) is 1.24. The number of carbonyl (C=O) groups is 1. The van der Waals surface area contributed by atoms with E-state index in [1.165, 1.54) is 0 Å². The van der Waals surface area contributed by atoms with Crippen molar-refractivity contribution < 1.29 is 4.79 Å². The van der Waals surface area contributed by atoms with Gasteiger partial charge < -0.3 is 10.6 Å². The normalized spacial score (nSPS) is 26.4. The molecule has 1 heterocycles. The molecular weight excluding hydrogens is 176 g/mol. The third-order valence-corrected chi connectivity index (χ3v) is 2.03. The Hall–Kier alpha value is -1.22. The third kappa shape index (κ3) is 1.23. The Kier molecular flexibility index (Phi) is 1.66. The quantitative estimate of drug-likeness (QED) is 0.582. The fraction of sp³-hybridized carbons (Fsp3) is 0.125. The molecule has 0 aromatic carbocycles. The van der Waals surface area contributed by atoms with E-state index in [4.69, 9.17) is 11.6 Å². The van der Waals surface area contributed by atoms with Crippen LogP contribution >= 0.6 is 11.6 Å². The first-order valence-corrected chi connectivity index (χ1v) is 3.96. The summed E-state index contributed by atoms with van der Waals surface area (Å²) in [5.41, 5.74) is 1.01. The smallest absolute Gasteiger partial charge is 0.319 e. The maximum absolute atomic E-state index is 10.9. The van der Waals surface area contributed by atoms with Crippen LogP contribution in [0, 0.1) is 0 Å². The molecule has 3 nitrogen and oxygen atoms in total. The van der Waals surface area contributed by atoms with Crippen molar-refractivity contribution in [3.63, 3.8) is 0 Å². The van der Waals surface area contributed by atoms with Crippen LogP contribution in [0.1, 0.15) is 0 Å². The molecule has 0 bridgehead atoms. The Bertz CT molecular complexity index is 317. The van der Waals surface area contributed by atoms with Crippen molar-refractivity contribution in [1.29, 1.82) is 0 Å². The van der Waals surface area contributed by atoms with Gasteiger partial charge in [-0.3, -0.25) is 0 Å².